The summed E-state index contributed by atoms with van der Waals surface area (Å²) in [6.07, 6.45) is 4.01. The molecule has 1 aromatic carbocycles. The number of halogens is 2. The third-order valence-electron chi connectivity index (χ3n) is 1.97. The number of benzene rings is 1. The molecule has 0 bridgehead atoms. The summed E-state index contributed by atoms with van der Waals surface area (Å²) >= 11 is 2.03. The van der Waals surface area contributed by atoms with Gasteiger partial charge in [0.2, 0.25) is 0 Å². The van der Waals surface area contributed by atoms with Gasteiger partial charge in [0.05, 0.1) is 28.6 Å². The van der Waals surface area contributed by atoms with E-state index in [4.69, 9.17) is 0 Å². The Morgan fingerprint density at radius 3 is 2.87 bits per heavy atom. The molecular weight excluding hydrogens is 310 g/mol. The zero-order valence-corrected chi connectivity index (χ0v) is 9.68. The third kappa shape index (κ3) is 2.06. The van der Waals surface area contributed by atoms with Crippen molar-refractivity contribution in [1.82, 2.24) is 7.76 Å². The van der Waals surface area contributed by atoms with E-state index in [0.29, 0.717) is 23.1 Å². The molecule has 0 N–H and O–H groups in total. The minimum Gasteiger partial charge on any atom is -0.298 e. The van der Waals surface area contributed by atoms with Gasteiger partial charge in [-0.2, -0.15) is 0 Å². The maximum atomic E-state index is 13.0. The lowest BCUT2D eigenvalue weighted by atomic mass is 10.1. The van der Waals surface area contributed by atoms with E-state index in [0.717, 1.165) is 0 Å². The summed E-state index contributed by atoms with van der Waals surface area (Å²) in [7, 11) is 0. The van der Waals surface area contributed by atoms with Crippen LogP contribution >= 0.6 is 22.9 Å². The summed E-state index contributed by atoms with van der Waals surface area (Å²) in [4.78, 5) is 14.8. The van der Waals surface area contributed by atoms with E-state index in [1.54, 1.807) is 15.3 Å². The van der Waals surface area contributed by atoms with Crippen molar-refractivity contribution < 1.29 is 9.18 Å². The lowest BCUT2D eigenvalue weighted by molar-refractivity contribution is 0.112. The second-order valence-corrected chi connectivity index (χ2v) is 4.07. The number of rotatable bonds is 2. The van der Waals surface area contributed by atoms with Crippen LogP contribution in [-0.4, -0.2) is 14.1 Å². The number of hydrogen-bond acceptors (Lipinski definition) is 2. The van der Waals surface area contributed by atoms with Gasteiger partial charge in [0.15, 0.2) is 6.29 Å². The van der Waals surface area contributed by atoms with Crippen molar-refractivity contribution in [2.24, 2.45) is 0 Å². The van der Waals surface area contributed by atoms with E-state index in [2.05, 4.69) is 4.98 Å². The molecule has 0 aliphatic carbocycles. The molecule has 0 aliphatic rings. The van der Waals surface area contributed by atoms with E-state index in [1.165, 1.54) is 18.2 Å². The molecule has 0 saturated heterocycles. The van der Waals surface area contributed by atoms with E-state index < -0.39 is 0 Å². The Balaban J connectivity index is 2.59. The molecule has 0 unspecified atom stereocenters. The van der Waals surface area contributed by atoms with Crippen molar-refractivity contribution in [2.75, 3.05) is 0 Å². The number of carbonyl (C=O) groups excluding carboxylic acids is 1. The highest BCUT2D eigenvalue weighted by molar-refractivity contribution is 14.1. The first-order valence-electron chi connectivity index (χ1n) is 4.16. The lowest BCUT2D eigenvalue weighted by Gasteiger charge is -2.00. The van der Waals surface area contributed by atoms with Gasteiger partial charge in [0, 0.05) is 17.3 Å². The molecular formula is C10H6FIN2O. The van der Waals surface area contributed by atoms with Gasteiger partial charge in [-0.3, -0.25) is 7.58 Å². The molecule has 0 amide bonds. The van der Waals surface area contributed by atoms with E-state index >= 15 is 0 Å². The fourth-order valence-corrected chi connectivity index (χ4v) is 1.68. The average molecular weight is 316 g/mol. The van der Waals surface area contributed by atoms with Crippen molar-refractivity contribution in [3.8, 4) is 11.3 Å². The van der Waals surface area contributed by atoms with Crippen molar-refractivity contribution in [3.05, 3.63) is 42.1 Å². The topological polar surface area (TPSA) is 34.9 Å². The third-order valence-corrected chi connectivity index (χ3v) is 2.50. The van der Waals surface area contributed by atoms with Crippen LogP contribution in [0.15, 0.2) is 30.7 Å². The Morgan fingerprint density at radius 1 is 1.47 bits per heavy atom. The SMILES string of the molecule is O=Cc1ccc(F)cc1-c1cn(I)cn1. The first-order chi connectivity index (χ1) is 7.20. The molecule has 0 saturated carbocycles. The highest BCUT2D eigenvalue weighted by Gasteiger charge is 2.08. The number of aldehydes is 1. The van der Waals surface area contributed by atoms with E-state index in [9.17, 15) is 9.18 Å². The molecule has 2 aromatic rings. The quantitative estimate of drug-likeness (QED) is 0.631. The second-order valence-electron chi connectivity index (χ2n) is 2.95. The highest BCUT2D eigenvalue weighted by atomic mass is 127. The van der Waals surface area contributed by atoms with Crippen molar-refractivity contribution >= 4 is 29.2 Å². The number of carbonyl (C=O) groups is 1. The van der Waals surface area contributed by atoms with Crippen LogP contribution in [0.4, 0.5) is 4.39 Å². The minimum absolute atomic E-state index is 0.376. The predicted molar refractivity (Wildman–Crippen MR) is 62.4 cm³/mol. The molecule has 2 rings (SSSR count). The molecule has 0 radical (unpaired) electrons. The van der Waals surface area contributed by atoms with Crippen LogP contribution in [0.5, 0.6) is 0 Å². The Bertz CT molecular complexity index is 510. The van der Waals surface area contributed by atoms with Crippen LogP contribution in [-0.2, 0) is 0 Å². The summed E-state index contributed by atoms with van der Waals surface area (Å²) in [5.74, 6) is -0.376. The molecule has 5 heteroatoms. The van der Waals surface area contributed by atoms with Crippen LogP contribution in [0.2, 0.25) is 0 Å². The van der Waals surface area contributed by atoms with Crippen LogP contribution in [0.1, 0.15) is 10.4 Å². The molecule has 0 spiro atoms. The van der Waals surface area contributed by atoms with Crippen LogP contribution < -0.4 is 0 Å². The number of hydrogen-bond donors (Lipinski definition) is 0. The first kappa shape index (κ1) is 10.3. The molecule has 1 aromatic heterocycles. The number of imidazole rings is 1. The smallest absolute Gasteiger partial charge is 0.150 e. The normalized spacial score (nSPS) is 10.3. The fraction of sp³-hybridized carbons (Fsp3) is 0. The van der Waals surface area contributed by atoms with Crippen molar-refractivity contribution in [3.63, 3.8) is 0 Å². The number of aromatic nitrogens is 2. The van der Waals surface area contributed by atoms with Gasteiger partial charge in [-0.05, 0) is 18.2 Å². The van der Waals surface area contributed by atoms with Gasteiger partial charge in [0.25, 0.3) is 0 Å². The van der Waals surface area contributed by atoms with Gasteiger partial charge < -0.3 is 0 Å². The molecule has 0 aliphatic heterocycles. The summed E-state index contributed by atoms with van der Waals surface area (Å²) in [6.45, 7) is 0. The first-order valence-corrected chi connectivity index (χ1v) is 5.12. The van der Waals surface area contributed by atoms with Crippen LogP contribution in [0.25, 0.3) is 11.3 Å². The Morgan fingerprint density at radius 2 is 2.27 bits per heavy atom. The van der Waals surface area contributed by atoms with E-state index in [1.807, 2.05) is 22.9 Å². The van der Waals surface area contributed by atoms with Crippen LogP contribution in [0, 0.1) is 5.82 Å². The minimum atomic E-state index is -0.376. The molecule has 0 fully saturated rings. The lowest BCUT2D eigenvalue weighted by Crippen LogP contribution is -1.89. The zero-order chi connectivity index (χ0) is 10.8. The van der Waals surface area contributed by atoms with Gasteiger partial charge >= 0.3 is 0 Å². The maximum Gasteiger partial charge on any atom is 0.150 e. The van der Waals surface area contributed by atoms with Gasteiger partial charge in [-0.25, -0.2) is 9.37 Å². The van der Waals surface area contributed by atoms with Crippen molar-refractivity contribution in [2.45, 2.75) is 0 Å². The summed E-state index contributed by atoms with van der Waals surface area (Å²) in [6, 6.07) is 4.01. The van der Waals surface area contributed by atoms with E-state index in [-0.39, 0.29) is 5.82 Å². The predicted octanol–water partition coefficient (Wildman–Crippen LogP) is 2.70. The van der Waals surface area contributed by atoms with Crippen LogP contribution in [0.3, 0.4) is 0 Å². The highest BCUT2D eigenvalue weighted by Crippen LogP contribution is 2.22. The molecule has 3 nitrogen and oxygen atoms in total. The summed E-state index contributed by atoms with van der Waals surface area (Å²) < 4.78 is 14.7. The maximum absolute atomic E-state index is 13.0. The molecule has 0 atom stereocenters. The molecule has 1 heterocycles. The zero-order valence-electron chi connectivity index (χ0n) is 7.52. The average Bonchev–Trinajstić information content (AvgIpc) is 2.65. The monoisotopic (exact) mass is 316 g/mol. The van der Waals surface area contributed by atoms with Gasteiger partial charge in [-0.1, -0.05) is 0 Å². The summed E-state index contributed by atoms with van der Waals surface area (Å²) in [5.41, 5.74) is 1.54. The summed E-state index contributed by atoms with van der Waals surface area (Å²) in [5, 5.41) is 0. The molecule has 15 heavy (non-hydrogen) atoms. The molecule has 76 valence electrons. The van der Waals surface area contributed by atoms with Crippen molar-refractivity contribution in [1.29, 1.82) is 0 Å². The van der Waals surface area contributed by atoms with Gasteiger partial charge in [-0.15, -0.1) is 0 Å². The Hall–Kier alpha value is -1.24. The second kappa shape index (κ2) is 4.09. The Kier molecular flexibility index (Phi) is 2.81. The van der Waals surface area contributed by atoms with Gasteiger partial charge in [0.1, 0.15) is 12.1 Å². The Labute approximate surface area is 99.4 Å². The fourth-order valence-electron chi connectivity index (χ4n) is 1.29. The standard InChI is InChI=1S/C10H6FIN2O/c11-8-2-1-7(5-15)9(3-8)10-4-14(12)6-13-10/h1-6H. The number of nitrogens with zero attached hydrogens (tertiary/aromatic N) is 2. The largest absolute Gasteiger partial charge is 0.298 e.